The van der Waals surface area contributed by atoms with Crippen molar-refractivity contribution in [2.75, 3.05) is 29.4 Å². The zero-order valence-corrected chi connectivity index (χ0v) is 12.6. The average Bonchev–Trinajstić information content (AvgIpc) is 2.62. The third-order valence-electron chi connectivity index (χ3n) is 4.05. The lowest BCUT2D eigenvalue weighted by atomic mass is 10.2. The Balaban J connectivity index is 1.57. The van der Waals surface area contributed by atoms with E-state index >= 15 is 0 Å². The van der Waals surface area contributed by atoms with Gasteiger partial charge in [-0.3, -0.25) is 14.7 Å². The molecule has 23 heavy (non-hydrogen) atoms. The van der Waals surface area contributed by atoms with Crippen LogP contribution in [0.15, 0.2) is 60.8 Å². The van der Waals surface area contributed by atoms with E-state index in [4.69, 9.17) is 0 Å². The molecule has 0 bridgehead atoms. The molecule has 1 amide bonds. The van der Waals surface area contributed by atoms with Crippen LogP contribution in [0.2, 0.25) is 0 Å². The van der Waals surface area contributed by atoms with E-state index in [0.717, 1.165) is 23.3 Å². The fraction of sp³-hybridized carbons (Fsp3) is 0.167. The summed E-state index contributed by atoms with van der Waals surface area (Å²) in [5.74, 6) is 0.672. The molecule has 114 valence electrons. The lowest BCUT2D eigenvalue weighted by Gasteiger charge is -2.34. The lowest BCUT2D eigenvalue weighted by molar-refractivity contribution is -0.117. The number of rotatable bonds is 2. The van der Waals surface area contributed by atoms with E-state index in [1.807, 2.05) is 54.6 Å². The van der Waals surface area contributed by atoms with E-state index < -0.39 is 0 Å². The molecule has 0 saturated carbocycles. The van der Waals surface area contributed by atoms with Gasteiger partial charge < -0.3 is 4.90 Å². The molecule has 0 radical (unpaired) electrons. The minimum absolute atomic E-state index is 0.0460. The Morgan fingerprint density at radius 2 is 1.61 bits per heavy atom. The third kappa shape index (κ3) is 2.61. The van der Waals surface area contributed by atoms with Crippen LogP contribution in [-0.2, 0) is 4.79 Å². The number of nitrogens with zero attached hydrogens (tertiary/aromatic N) is 4. The van der Waals surface area contributed by atoms with Gasteiger partial charge in [-0.25, -0.2) is 4.98 Å². The molecule has 1 aromatic heterocycles. The van der Waals surface area contributed by atoms with Crippen molar-refractivity contribution in [2.24, 2.45) is 0 Å². The van der Waals surface area contributed by atoms with Gasteiger partial charge in [0.25, 0.3) is 0 Å². The van der Waals surface area contributed by atoms with Gasteiger partial charge in [-0.1, -0.05) is 30.3 Å². The minimum atomic E-state index is 0.0460. The van der Waals surface area contributed by atoms with Crippen molar-refractivity contribution in [3.63, 3.8) is 0 Å². The molecule has 3 aromatic rings. The van der Waals surface area contributed by atoms with Crippen molar-refractivity contribution in [1.29, 1.82) is 0 Å². The summed E-state index contributed by atoms with van der Waals surface area (Å²) < 4.78 is 0. The van der Waals surface area contributed by atoms with Gasteiger partial charge in [-0.05, 0) is 24.3 Å². The number of amides is 1. The third-order valence-corrected chi connectivity index (χ3v) is 4.05. The molecule has 1 aliphatic rings. The summed E-state index contributed by atoms with van der Waals surface area (Å²) in [6, 6.07) is 17.7. The summed E-state index contributed by atoms with van der Waals surface area (Å²) in [6.45, 7) is 1.75. The number of carbonyl (C=O) groups is 1. The van der Waals surface area contributed by atoms with E-state index in [1.165, 1.54) is 0 Å². The first kappa shape index (κ1) is 13.7. The van der Waals surface area contributed by atoms with E-state index in [-0.39, 0.29) is 5.91 Å². The second-order valence-electron chi connectivity index (χ2n) is 5.52. The summed E-state index contributed by atoms with van der Waals surface area (Å²) in [5, 5.41) is 0. The van der Waals surface area contributed by atoms with Crippen molar-refractivity contribution in [1.82, 2.24) is 9.97 Å². The minimum Gasteiger partial charge on any atom is -0.360 e. The number of hydrogen-bond acceptors (Lipinski definition) is 4. The molecule has 0 aliphatic carbocycles. The SMILES string of the molecule is O=C1CN(c2ccccc2)CCN1c1cnc2ccccc2n1. The van der Waals surface area contributed by atoms with Crippen LogP contribution < -0.4 is 9.80 Å². The zero-order valence-electron chi connectivity index (χ0n) is 12.6. The highest BCUT2D eigenvalue weighted by molar-refractivity contribution is 5.97. The van der Waals surface area contributed by atoms with Crippen molar-refractivity contribution < 1.29 is 4.79 Å². The molecule has 5 nitrogen and oxygen atoms in total. The van der Waals surface area contributed by atoms with E-state index in [2.05, 4.69) is 14.9 Å². The van der Waals surface area contributed by atoms with Crippen LogP contribution in [0.25, 0.3) is 11.0 Å². The van der Waals surface area contributed by atoms with Gasteiger partial charge in [0, 0.05) is 18.8 Å². The molecule has 0 unspecified atom stereocenters. The quantitative estimate of drug-likeness (QED) is 0.730. The van der Waals surface area contributed by atoms with Gasteiger partial charge in [0.2, 0.25) is 5.91 Å². The maximum absolute atomic E-state index is 12.5. The molecule has 1 aliphatic heterocycles. The van der Waals surface area contributed by atoms with Crippen LogP contribution >= 0.6 is 0 Å². The van der Waals surface area contributed by atoms with E-state index in [9.17, 15) is 4.79 Å². The fourth-order valence-corrected chi connectivity index (χ4v) is 2.85. The number of anilines is 2. The first-order chi connectivity index (χ1) is 11.3. The normalized spacial score (nSPS) is 15.2. The van der Waals surface area contributed by atoms with Crippen molar-refractivity contribution in [2.45, 2.75) is 0 Å². The Kier molecular flexibility index (Phi) is 3.38. The van der Waals surface area contributed by atoms with Crippen LogP contribution in [0.3, 0.4) is 0 Å². The summed E-state index contributed by atoms with van der Waals surface area (Å²) in [7, 11) is 0. The van der Waals surface area contributed by atoms with Crippen LogP contribution in [0.4, 0.5) is 11.5 Å². The van der Waals surface area contributed by atoms with Crippen LogP contribution in [0, 0.1) is 0 Å². The molecule has 1 fully saturated rings. The summed E-state index contributed by atoms with van der Waals surface area (Å²) in [6.07, 6.45) is 1.68. The lowest BCUT2D eigenvalue weighted by Crippen LogP contribution is -2.51. The highest BCUT2D eigenvalue weighted by Gasteiger charge is 2.26. The first-order valence-corrected chi connectivity index (χ1v) is 7.63. The maximum Gasteiger partial charge on any atom is 0.247 e. The number of carbonyl (C=O) groups excluding carboxylic acids is 1. The van der Waals surface area contributed by atoms with Crippen molar-refractivity contribution in [3.05, 3.63) is 60.8 Å². The predicted octanol–water partition coefficient (Wildman–Crippen LogP) is 2.48. The molecule has 0 spiro atoms. The number of piperazine rings is 1. The van der Waals surface area contributed by atoms with Crippen LogP contribution in [0.1, 0.15) is 0 Å². The van der Waals surface area contributed by atoms with Gasteiger partial charge >= 0.3 is 0 Å². The van der Waals surface area contributed by atoms with Crippen LogP contribution in [0.5, 0.6) is 0 Å². The zero-order chi connectivity index (χ0) is 15.6. The second-order valence-corrected chi connectivity index (χ2v) is 5.52. The Morgan fingerprint density at radius 1 is 0.870 bits per heavy atom. The maximum atomic E-state index is 12.5. The standard InChI is InChI=1S/C18H16N4O/c23-18-13-21(14-6-2-1-3-7-14)10-11-22(18)17-12-19-15-8-4-5-9-16(15)20-17/h1-9,12H,10-11,13H2. The molecule has 2 heterocycles. The van der Waals surface area contributed by atoms with Gasteiger partial charge in [0.1, 0.15) is 0 Å². The van der Waals surface area contributed by atoms with Crippen molar-refractivity contribution >= 4 is 28.4 Å². The monoisotopic (exact) mass is 304 g/mol. The molecular weight excluding hydrogens is 288 g/mol. The van der Waals surface area contributed by atoms with E-state index in [1.54, 1.807) is 11.1 Å². The molecule has 1 saturated heterocycles. The molecule has 2 aromatic carbocycles. The average molecular weight is 304 g/mol. The predicted molar refractivity (Wildman–Crippen MR) is 90.5 cm³/mol. The van der Waals surface area contributed by atoms with Gasteiger partial charge in [-0.2, -0.15) is 0 Å². The first-order valence-electron chi connectivity index (χ1n) is 7.63. The van der Waals surface area contributed by atoms with Crippen LogP contribution in [-0.4, -0.2) is 35.5 Å². The smallest absolute Gasteiger partial charge is 0.247 e. The highest BCUT2D eigenvalue weighted by atomic mass is 16.2. The second kappa shape index (κ2) is 5.68. The molecular formula is C18H16N4O. The number of para-hydroxylation sites is 3. The highest BCUT2D eigenvalue weighted by Crippen LogP contribution is 2.20. The van der Waals surface area contributed by atoms with Gasteiger partial charge in [-0.15, -0.1) is 0 Å². The van der Waals surface area contributed by atoms with Crippen molar-refractivity contribution in [3.8, 4) is 0 Å². The van der Waals surface area contributed by atoms with E-state index in [0.29, 0.717) is 18.9 Å². The Labute approximate surface area is 134 Å². The number of fused-ring (bicyclic) bond motifs is 1. The summed E-state index contributed by atoms with van der Waals surface area (Å²) in [5.41, 5.74) is 2.72. The summed E-state index contributed by atoms with van der Waals surface area (Å²) in [4.78, 5) is 25.3. The fourth-order valence-electron chi connectivity index (χ4n) is 2.85. The number of aromatic nitrogens is 2. The molecule has 0 N–H and O–H groups in total. The molecule has 5 heteroatoms. The van der Waals surface area contributed by atoms with Gasteiger partial charge in [0.05, 0.1) is 23.8 Å². The topological polar surface area (TPSA) is 49.3 Å². The largest absolute Gasteiger partial charge is 0.360 e. The number of benzene rings is 2. The summed E-state index contributed by atoms with van der Waals surface area (Å²) >= 11 is 0. The number of hydrogen-bond donors (Lipinski definition) is 0. The Hall–Kier alpha value is -2.95. The Bertz CT molecular complexity index is 850. The molecule has 4 rings (SSSR count). The van der Waals surface area contributed by atoms with Gasteiger partial charge in [0.15, 0.2) is 5.82 Å². The Morgan fingerprint density at radius 3 is 2.39 bits per heavy atom. The molecule has 0 atom stereocenters.